The number of rotatable bonds is 6. The first-order chi connectivity index (χ1) is 9.41. The fraction of sp³-hybridized carbons (Fsp3) is 0.467. The van der Waals surface area contributed by atoms with Gasteiger partial charge in [0.15, 0.2) is 0 Å². The van der Waals surface area contributed by atoms with E-state index in [0.717, 1.165) is 11.3 Å². The molecule has 0 aliphatic rings. The minimum absolute atomic E-state index is 0.107. The molecule has 1 rings (SSSR count). The van der Waals surface area contributed by atoms with E-state index in [9.17, 15) is 9.59 Å². The molecule has 1 aromatic carbocycles. The quantitative estimate of drug-likeness (QED) is 0.741. The number of carbonyl (C=O) groups excluding carboxylic acids is 2. The largest absolute Gasteiger partial charge is 0.350 e. The third-order valence-electron chi connectivity index (χ3n) is 3.44. The zero-order chi connectivity index (χ0) is 15.2. The molecule has 2 amide bonds. The molecule has 0 saturated carbocycles. The molecule has 0 aliphatic heterocycles. The van der Waals surface area contributed by atoms with E-state index >= 15 is 0 Å². The number of nitrogens with two attached hydrogens (primary N) is 1. The van der Waals surface area contributed by atoms with Gasteiger partial charge in [0.05, 0.1) is 5.54 Å². The predicted octanol–water partition coefficient (Wildman–Crippen LogP) is 1.78. The molecule has 4 N–H and O–H groups in total. The Kier molecular flexibility index (Phi) is 5.70. The lowest BCUT2D eigenvalue weighted by Gasteiger charge is -2.25. The van der Waals surface area contributed by atoms with E-state index in [1.807, 2.05) is 26.0 Å². The SMILES string of the molecule is CCC(N)(CC)C(=O)NCc1ccc(NC(C)=O)cc1. The molecule has 110 valence electrons. The molecule has 1 aromatic rings. The highest BCUT2D eigenvalue weighted by molar-refractivity contribution is 5.88. The zero-order valence-corrected chi connectivity index (χ0v) is 12.3. The Balaban J connectivity index is 2.58. The maximum atomic E-state index is 12.0. The number of anilines is 1. The predicted molar refractivity (Wildman–Crippen MR) is 80.1 cm³/mol. The Labute approximate surface area is 119 Å². The summed E-state index contributed by atoms with van der Waals surface area (Å²) < 4.78 is 0. The zero-order valence-electron chi connectivity index (χ0n) is 12.3. The van der Waals surface area contributed by atoms with Gasteiger partial charge in [-0.3, -0.25) is 9.59 Å². The highest BCUT2D eigenvalue weighted by atomic mass is 16.2. The molecule has 5 nitrogen and oxygen atoms in total. The van der Waals surface area contributed by atoms with Gasteiger partial charge >= 0.3 is 0 Å². The first-order valence-corrected chi connectivity index (χ1v) is 6.85. The number of carbonyl (C=O) groups is 2. The van der Waals surface area contributed by atoms with Crippen LogP contribution in [0.15, 0.2) is 24.3 Å². The van der Waals surface area contributed by atoms with Crippen LogP contribution in [-0.2, 0) is 16.1 Å². The van der Waals surface area contributed by atoms with E-state index in [0.29, 0.717) is 19.4 Å². The molecule has 5 heteroatoms. The number of amides is 2. The van der Waals surface area contributed by atoms with Crippen LogP contribution in [-0.4, -0.2) is 17.4 Å². The second-order valence-corrected chi connectivity index (χ2v) is 4.92. The lowest BCUT2D eigenvalue weighted by molar-refractivity contribution is -0.126. The number of hydrogen-bond donors (Lipinski definition) is 3. The third-order valence-corrected chi connectivity index (χ3v) is 3.44. The minimum atomic E-state index is -0.796. The summed E-state index contributed by atoms with van der Waals surface area (Å²) in [7, 11) is 0. The van der Waals surface area contributed by atoms with Crippen LogP contribution < -0.4 is 16.4 Å². The summed E-state index contributed by atoms with van der Waals surface area (Å²) in [6.45, 7) is 5.71. The van der Waals surface area contributed by atoms with Crippen molar-refractivity contribution in [3.8, 4) is 0 Å². The van der Waals surface area contributed by atoms with Crippen LogP contribution in [0.5, 0.6) is 0 Å². The van der Waals surface area contributed by atoms with E-state index in [4.69, 9.17) is 5.73 Å². The molecular formula is C15H23N3O2. The summed E-state index contributed by atoms with van der Waals surface area (Å²) in [5.41, 5.74) is 6.93. The smallest absolute Gasteiger partial charge is 0.240 e. The number of nitrogens with one attached hydrogen (secondary N) is 2. The molecule has 0 radical (unpaired) electrons. The summed E-state index contributed by atoms with van der Waals surface area (Å²) >= 11 is 0. The van der Waals surface area contributed by atoms with Crippen molar-refractivity contribution < 1.29 is 9.59 Å². The van der Waals surface area contributed by atoms with Crippen molar-refractivity contribution in [1.82, 2.24) is 5.32 Å². The number of benzene rings is 1. The van der Waals surface area contributed by atoms with Crippen molar-refractivity contribution in [3.63, 3.8) is 0 Å². The average molecular weight is 277 g/mol. The topological polar surface area (TPSA) is 84.2 Å². The van der Waals surface area contributed by atoms with Crippen LogP contribution in [0.25, 0.3) is 0 Å². The Morgan fingerprint density at radius 1 is 1.15 bits per heavy atom. The lowest BCUT2D eigenvalue weighted by Crippen LogP contribution is -2.52. The number of hydrogen-bond acceptors (Lipinski definition) is 3. The third kappa shape index (κ3) is 4.35. The van der Waals surface area contributed by atoms with E-state index in [2.05, 4.69) is 10.6 Å². The van der Waals surface area contributed by atoms with Gasteiger partial charge in [-0.1, -0.05) is 26.0 Å². The Bertz CT molecular complexity index is 465. The highest BCUT2D eigenvalue weighted by Gasteiger charge is 2.29. The maximum Gasteiger partial charge on any atom is 0.240 e. The van der Waals surface area contributed by atoms with Crippen LogP contribution >= 0.6 is 0 Å². The molecule has 0 aliphatic carbocycles. The van der Waals surface area contributed by atoms with Crippen molar-refractivity contribution in [1.29, 1.82) is 0 Å². The van der Waals surface area contributed by atoms with Gasteiger partial charge in [0, 0.05) is 19.2 Å². The van der Waals surface area contributed by atoms with Crippen LogP contribution in [0, 0.1) is 0 Å². The first kappa shape index (κ1) is 16.2. The Morgan fingerprint density at radius 3 is 2.15 bits per heavy atom. The standard InChI is InChI=1S/C15H23N3O2/c1-4-15(16,5-2)14(20)17-10-12-6-8-13(9-7-12)18-11(3)19/h6-9H,4-5,10,16H2,1-3H3,(H,17,20)(H,18,19). The summed E-state index contributed by atoms with van der Waals surface area (Å²) in [6, 6.07) is 7.33. The molecule has 20 heavy (non-hydrogen) atoms. The monoisotopic (exact) mass is 277 g/mol. The summed E-state index contributed by atoms with van der Waals surface area (Å²) in [5.74, 6) is -0.238. The molecule has 0 aromatic heterocycles. The van der Waals surface area contributed by atoms with Crippen LogP contribution in [0.2, 0.25) is 0 Å². The maximum absolute atomic E-state index is 12.0. The van der Waals surface area contributed by atoms with Gasteiger partial charge in [-0.15, -0.1) is 0 Å². The van der Waals surface area contributed by atoms with Gasteiger partial charge in [0.25, 0.3) is 0 Å². The van der Waals surface area contributed by atoms with Crippen molar-refractivity contribution in [2.24, 2.45) is 5.73 Å². The summed E-state index contributed by atoms with van der Waals surface area (Å²) in [5, 5.41) is 5.54. The van der Waals surface area contributed by atoms with Crippen molar-refractivity contribution >= 4 is 17.5 Å². The Morgan fingerprint density at radius 2 is 1.70 bits per heavy atom. The van der Waals surface area contributed by atoms with Gasteiger partial charge in [0.1, 0.15) is 0 Å². The van der Waals surface area contributed by atoms with E-state index in [1.54, 1.807) is 12.1 Å². The second-order valence-electron chi connectivity index (χ2n) is 4.92. The van der Waals surface area contributed by atoms with E-state index in [-0.39, 0.29) is 11.8 Å². The highest BCUT2D eigenvalue weighted by Crippen LogP contribution is 2.13. The van der Waals surface area contributed by atoms with Gasteiger partial charge in [-0.25, -0.2) is 0 Å². The minimum Gasteiger partial charge on any atom is -0.350 e. The normalized spacial score (nSPS) is 11.0. The van der Waals surface area contributed by atoms with E-state index in [1.165, 1.54) is 6.92 Å². The molecule has 0 heterocycles. The molecule has 0 bridgehead atoms. The molecule has 0 atom stereocenters. The van der Waals surface area contributed by atoms with Gasteiger partial charge in [-0.2, -0.15) is 0 Å². The Hall–Kier alpha value is -1.88. The van der Waals surface area contributed by atoms with Crippen molar-refractivity contribution in [2.75, 3.05) is 5.32 Å². The average Bonchev–Trinajstić information content (AvgIpc) is 2.44. The van der Waals surface area contributed by atoms with Gasteiger partial charge in [-0.05, 0) is 30.5 Å². The van der Waals surface area contributed by atoms with Gasteiger partial charge in [0.2, 0.25) is 11.8 Å². The first-order valence-electron chi connectivity index (χ1n) is 6.85. The van der Waals surface area contributed by atoms with Crippen molar-refractivity contribution in [2.45, 2.75) is 45.7 Å². The van der Waals surface area contributed by atoms with Gasteiger partial charge < -0.3 is 16.4 Å². The fourth-order valence-corrected chi connectivity index (χ4v) is 1.84. The second kappa shape index (κ2) is 7.05. The molecule has 0 unspecified atom stereocenters. The van der Waals surface area contributed by atoms with Crippen LogP contribution in [0.1, 0.15) is 39.2 Å². The lowest BCUT2D eigenvalue weighted by atomic mass is 9.93. The molecule has 0 spiro atoms. The van der Waals surface area contributed by atoms with Crippen LogP contribution in [0.3, 0.4) is 0 Å². The molecular weight excluding hydrogens is 254 g/mol. The molecule has 0 fully saturated rings. The van der Waals surface area contributed by atoms with Crippen LogP contribution in [0.4, 0.5) is 5.69 Å². The fourth-order valence-electron chi connectivity index (χ4n) is 1.84. The van der Waals surface area contributed by atoms with Crippen molar-refractivity contribution in [3.05, 3.63) is 29.8 Å². The summed E-state index contributed by atoms with van der Waals surface area (Å²) in [6.07, 6.45) is 1.22. The summed E-state index contributed by atoms with van der Waals surface area (Å²) in [4.78, 5) is 22.9. The van der Waals surface area contributed by atoms with E-state index < -0.39 is 5.54 Å². The molecule has 0 saturated heterocycles.